The molecule has 0 aromatic heterocycles. The van der Waals surface area contributed by atoms with E-state index in [1.54, 1.807) is 25.1 Å². The van der Waals surface area contributed by atoms with Crippen molar-refractivity contribution < 1.29 is 27.4 Å². The molecule has 0 aliphatic heterocycles. The molecule has 0 radical (unpaired) electrons. The van der Waals surface area contributed by atoms with Crippen molar-refractivity contribution in [3.8, 4) is 11.5 Å². The highest BCUT2D eigenvalue weighted by molar-refractivity contribution is 6.31. The lowest BCUT2D eigenvalue weighted by Crippen LogP contribution is -2.15. The van der Waals surface area contributed by atoms with Gasteiger partial charge in [-0.05, 0) is 36.2 Å². The van der Waals surface area contributed by atoms with Gasteiger partial charge in [0, 0.05) is 17.0 Å². The fourth-order valence-corrected chi connectivity index (χ4v) is 2.63. The van der Waals surface area contributed by atoms with Crippen molar-refractivity contribution in [2.24, 2.45) is 0 Å². The van der Waals surface area contributed by atoms with E-state index in [1.165, 1.54) is 12.1 Å². The Morgan fingerprint density at radius 1 is 1.15 bits per heavy atom. The number of halogens is 4. The molecule has 26 heavy (non-hydrogen) atoms. The van der Waals surface area contributed by atoms with Crippen LogP contribution in [0.2, 0.25) is 5.02 Å². The topological polar surface area (TPSA) is 35.5 Å². The highest BCUT2D eigenvalue weighted by atomic mass is 35.5. The SMILES string of the molecule is CCC(=O)Oc1cccc(C(F)(F)F)c1COc1ccc(CC)c(Cl)c1. The molecule has 0 amide bonds. The number of hydrogen-bond donors (Lipinski definition) is 0. The van der Waals surface area contributed by atoms with Gasteiger partial charge in [-0.25, -0.2) is 0 Å². The smallest absolute Gasteiger partial charge is 0.416 e. The zero-order valence-electron chi connectivity index (χ0n) is 14.3. The lowest BCUT2D eigenvalue weighted by Gasteiger charge is -2.17. The van der Waals surface area contributed by atoms with E-state index in [0.717, 1.165) is 18.1 Å². The number of carbonyl (C=O) groups excluding carboxylic acids is 1. The second-order valence-corrected chi connectivity index (χ2v) is 5.91. The van der Waals surface area contributed by atoms with E-state index in [9.17, 15) is 18.0 Å². The molecule has 2 aromatic carbocycles. The maximum absolute atomic E-state index is 13.3. The first-order valence-electron chi connectivity index (χ1n) is 8.07. The summed E-state index contributed by atoms with van der Waals surface area (Å²) in [4.78, 5) is 11.5. The quantitative estimate of drug-likeness (QED) is 0.464. The average molecular weight is 387 g/mol. The summed E-state index contributed by atoms with van der Waals surface area (Å²) in [6, 6.07) is 8.37. The van der Waals surface area contributed by atoms with Crippen molar-refractivity contribution in [1.29, 1.82) is 0 Å². The van der Waals surface area contributed by atoms with Gasteiger partial charge < -0.3 is 9.47 Å². The van der Waals surface area contributed by atoms with E-state index >= 15 is 0 Å². The second kappa shape index (κ2) is 8.45. The number of hydrogen-bond acceptors (Lipinski definition) is 3. The summed E-state index contributed by atoms with van der Waals surface area (Å²) in [7, 11) is 0. The minimum absolute atomic E-state index is 0.0463. The van der Waals surface area contributed by atoms with Gasteiger partial charge in [-0.15, -0.1) is 0 Å². The van der Waals surface area contributed by atoms with Gasteiger partial charge in [0.2, 0.25) is 0 Å². The van der Waals surface area contributed by atoms with Crippen LogP contribution in [-0.4, -0.2) is 5.97 Å². The first-order valence-corrected chi connectivity index (χ1v) is 8.45. The van der Waals surface area contributed by atoms with Crippen molar-refractivity contribution in [2.45, 2.75) is 39.5 Å². The predicted octanol–water partition coefficient (Wildman–Crippen LogP) is 5.82. The van der Waals surface area contributed by atoms with Crippen molar-refractivity contribution in [3.63, 3.8) is 0 Å². The Bertz CT molecular complexity index is 788. The summed E-state index contributed by atoms with van der Waals surface area (Å²) in [5, 5.41) is 0.478. The van der Waals surface area contributed by atoms with Gasteiger partial charge in [0.05, 0.1) is 5.56 Å². The van der Waals surface area contributed by atoms with Crippen LogP contribution in [0.25, 0.3) is 0 Å². The van der Waals surface area contributed by atoms with Gasteiger partial charge >= 0.3 is 12.1 Å². The van der Waals surface area contributed by atoms with Crippen molar-refractivity contribution in [1.82, 2.24) is 0 Å². The molecule has 0 fully saturated rings. The molecule has 0 saturated carbocycles. The van der Waals surface area contributed by atoms with Crippen molar-refractivity contribution in [2.75, 3.05) is 0 Å². The van der Waals surface area contributed by atoms with E-state index in [-0.39, 0.29) is 17.7 Å². The van der Waals surface area contributed by atoms with Crippen LogP contribution in [0.15, 0.2) is 36.4 Å². The van der Waals surface area contributed by atoms with Gasteiger partial charge in [-0.2, -0.15) is 13.2 Å². The van der Waals surface area contributed by atoms with Crippen molar-refractivity contribution >= 4 is 17.6 Å². The fraction of sp³-hybridized carbons (Fsp3) is 0.316. The summed E-state index contributed by atoms with van der Waals surface area (Å²) >= 11 is 6.10. The number of ether oxygens (including phenoxy) is 2. The summed E-state index contributed by atoms with van der Waals surface area (Å²) < 4.78 is 50.5. The molecular weight excluding hydrogens is 369 g/mol. The zero-order valence-corrected chi connectivity index (χ0v) is 15.1. The van der Waals surface area contributed by atoms with Gasteiger partial charge in [0.25, 0.3) is 0 Å². The molecule has 0 saturated heterocycles. The molecule has 2 rings (SSSR count). The summed E-state index contributed by atoms with van der Waals surface area (Å²) in [5.41, 5.74) is -0.236. The number of benzene rings is 2. The lowest BCUT2D eigenvalue weighted by molar-refractivity contribution is -0.140. The average Bonchev–Trinajstić information content (AvgIpc) is 2.59. The molecule has 0 aliphatic rings. The van der Waals surface area contributed by atoms with Crippen molar-refractivity contribution in [3.05, 3.63) is 58.1 Å². The molecule has 0 aliphatic carbocycles. The maximum atomic E-state index is 13.3. The summed E-state index contributed by atoms with van der Waals surface area (Å²) in [6.45, 7) is 3.09. The Morgan fingerprint density at radius 3 is 2.46 bits per heavy atom. The van der Waals surface area contributed by atoms with Gasteiger partial charge in [-0.1, -0.05) is 37.6 Å². The molecule has 0 spiro atoms. The maximum Gasteiger partial charge on any atom is 0.416 e. The first kappa shape index (κ1) is 20.1. The first-order chi connectivity index (χ1) is 12.3. The van der Waals surface area contributed by atoms with E-state index in [2.05, 4.69) is 0 Å². The Hall–Kier alpha value is -2.21. The van der Waals surface area contributed by atoms with Gasteiger partial charge in [0.1, 0.15) is 18.1 Å². The number of rotatable bonds is 6. The Kier molecular flexibility index (Phi) is 6.53. The third kappa shape index (κ3) is 4.91. The Balaban J connectivity index is 2.33. The van der Waals surface area contributed by atoms with E-state index in [1.807, 2.05) is 6.92 Å². The molecule has 7 heteroatoms. The van der Waals surface area contributed by atoms with Crippen LogP contribution in [0.5, 0.6) is 11.5 Å². The number of alkyl halides is 3. The molecule has 0 atom stereocenters. The summed E-state index contributed by atoms with van der Waals surface area (Å²) in [6.07, 6.45) is -3.82. The third-order valence-corrected chi connectivity index (χ3v) is 4.09. The zero-order chi connectivity index (χ0) is 19.3. The third-order valence-electron chi connectivity index (χ3n) is 3.74. The van der Waals surface area contributed by atoms with Crippen LogP contribution in [-0.2, 0) is 24.0 Å². The van der Waals surface area contributed by atoms with Gasteiger partial charge in [-0.3, -0.25) is 4.79 Å². The van der Waals surface area contributed by atoms with Gasteiger partial charge in [0.15, 0.2) is 0 Å². The monoisotopic (exact) mass is 386 g/mol. The molecule has 140 valence electrons. The van der Waals surface area contributed by atoms with Crippen LogP contribution in [0.1, 0.15) is 37.0 Å². The normalized spacial score (nSPS) is 11.3. The van der Waals surface area contributed by atoms with Crippen LogP contribution >= 0.6 is 11.6 Å². The van der Waals surface area contributed by atoms with Crippen LogP contribution in [0.4, 0.5) is 13.2 Å². The highest BCUT2D eigenvalue weighted by Gasteiger charge is 2.35. The summed E-state index contributed by atoms with van der Waals surface area (Å²) in [5.74, 6) is -0.458. The minimum Gasteiger partial charge on any atom is -0.489 e. The number of carbonyl (C=O) groups is 1. The number of esters is 1. The standard InChI is InChI=1S/C19H18ClF3O3/c1-3-12-8-9-13(10-16(12)20)25-11-14-15(19(21,22)23)6-5-7-17(14)26-18(24)4-2/h5-10H,3-4,11H2,1-2H3. The van der Waals surface area contributed by atoms with Crippen LogP contribution in [0.3, 0.4) is 0 Å². The van der Waals surface area contributed by atoms with Crippen LogP contribution in [0, 0.1) is 0 Å². The fourth-order valence-electron chi connectivity index (χ4n) is 2.33. The molecule has 0 N–H and O–H groups in total. The largest absolute Gasteiger partial charge is 0.489 e. The van der Waals surface area contributed by atoms with E-state index in [4.69, 9.17) is 21.1 Å². The molecule has 0 unspecified atom stereocenters. The second-order valence-electron chi connectivity index (χ2n) is 5.50. The molecule has 0 bridgehead atoms. The Labute approximate surface area is 154 Å². The Morgan fingerprint density at radius 2 is 1.88 bits per heavy atom. The highest BCUT2D eigenvalue weighted by Crippen LogP contribution is 2.37. The predicted molar refractivity (Wildman–Crippen MR) is 92.5 cm³/mol. The molecular formula is C19H18ClF3O3. The molecule has 2 aromatic rings. The van der Waals surface area contributed by atoms with E-state index in [0.29, 0.717) is 10.8 Å². The number of aryl methyl sites for hydroxylation is 1. The van der Waals surface area contributed by atoms with Crippen LogP contribution < -0.4 is 9.47 Å². The molecule has 3 nitrogen and oxygen atoms in total. The van der Waals surface area contributed by atoms with E-state index < -0.39 is 24.3 Å². The molecule has 0 heterocycles. The lowest BCUT2D eigenvalue weighted by atomic mass is 10.1. The minimum atomic E-state index is -4.60.